The summed E-state index contributed by atoms with van der Waals surface area (Å²) in [4.78, 5) is 26.2. The number of hydrogen-bond acceptors (Lipinski definition) is 4. The standard InChI is InChI=1S/C15H10ClN5O/c1-10-20-12(3-2-11-4-5-17-13(16)6-11)8-21(10)14-7-15(22)19-9-18-14/h4-9H,1H3,(H,18,19,22). The van der Waals surface area contributed by atoms with E-state index >= 15 is 0 Å². The second kappa shape index (κ2) is 5.84. The van der Waals surface area contributed by atoms with E-state index in [1.165, 1.54) is 12.4 Å². The SMILES string of the molecule is Cc1nc(C#Cc2ccnc(Cl)c2)cn1-c1cc(=O)[nH]cn1. The highest BCUT2D eigenvalue weighted by Gasteiger charge is 2.05. The molecule has 0 saturated heterocycles. The molecule has 0 amide bonds. The Hall–Kier alpha value is -2.91. The maximum Gasteiger partial charge on any atom is 0.252 e. The molecule has 0 atom stereocenters. The molecule has 0 aliphatic rings. The van der Waals surface area contributed by atoms with Gasteiger partial charge in [-0.15, -0.1) is 0 Å². The first-order valence-electron chi connectivity index (χ1n) is 6.36. The molecule has 0 spiro atoms. The van der Waals surface area contributed by atoms with Crippen molar-refractivity contribution in [3.05, 3.63) is 69.5 Å². The van der Waals surface area contributed by atoms with Crippen LogP contribution >= 0.6 is 11.6 Å². The molecule has 3 rings (SSSR count). The van der Waals surface area contributed by atoms with Crippen LogP contribution in [-0.2, 0) is 0 Å². The predicted octanol–water partition coefficient (Wildman–Crippen LogP) is 1.71. The van der Waals surface area contributed by atoms with Gasteiger partial charge in [-0.25, -0.2) is 15.0 Å². The van der Waals surface area contributed by atoms with Gasteiger partial charge in [-0.3, -0.25) is 9.36 Å². The molecule has 0 aliphatic carbocycles. The van der Waals surface area contributed by atoms with Gasteiger partial charge < -0.3 is 4.98 Å². The minimum atomic E-state index is -0.225. The highest BCUT2D eigenvalue weighted by molar-refractivity contribution is 6.29. The maximum absolute atomic E-state index is 11.3. The van der Waals surface area contributed by atoms with Gasteiger partial charge in [-0.2, -0.15) is 0 Å². The zero-order valence-corrected chi connectivity index (χ0v) is 12.3. The lowest BCUT2D eigenvalue weighted by Crippen LogP contribution is -2.08. The van der Waals surface area contributed by atoms with E-state index in [-0.39, 0.29) is 5.56 Å². The van der Waals surface area contributed by atoms with Crippen molar-refractivity contribution >= 4 is 11.6 Å². The summed E-state index contributed by atoms with van der Waals surface area (Å²) in [5, 5.41) is 0.390. The first kappa shape index (κ1) is 14.0. The number of hydrogen-bond donors (Lipinski definition) is 1. The van der Waals surface area contributed by atoms with Crippen LogP contribution in [0.25, 0.3) is 5.82 Å². The van der Waals surface area contributed by atoms with Crippen molar-refractivity contribution in [1.29, 1.82) is 0 Å². The summed E-state index contributed by atoms with van der Waals surface area (Å²) < 4.78 is 1.71. The zero-order chi connectivity index (χ0) is 15.5. The average Bonchev–Trinajstić information content (AvgIpc) is 2.86. The molecule has 6 nitrogen and oxygen atoms in total. The van der Waals surface area contributed by atoms with Gasteiger partial charge in [0, 0.05) is 24.0 Å². The lowest BCUT2D eigenvalue weighted by molar-refractivity contribution is 0.912. The van der Waals surface area contributed by atoms with Gasteiger partial charge in [-0.1, -0.05) is 17.5 Å². The van der Waals surface area contributed by atoms with Gasteiger partial charge >= 0.3 is 0 Å². The number of nitrogens with zero attached hydrogens (tertiary/aromatic N) is 4. The molecule has 0 aliphatic heterocycles. The third-order valence-electron chi connectivity index (χ3n) is 2.85. The normalized spacial score (nSPS) is 10.1. The molecular weight excluding hydrogens is 302 g/mol. The van der Waals surface area contributed by atoms with Crippen LogP contribution < -0.4 is 5.56 Å². The van der Waals surface area contributed by atoms with E-state index in [1.807, 2.05) is 6.92 Å². The molecule has 22 heavy (non-hydrogen) atoms. The number of aryl methyl sites for hydroxylation is 1. The lowest BCUT2D eigenvalue weighted by Gasteiger charge is -2.00. The van der Waals surface area contributed by atoms with Crippen molar-refractivity contribution in [2.75, 3.05) is 0 Å². The number of halogens is 1. The van der Waals surface area contributed by atoms with E-state index in [9.17, 15) is 4.79 Å². The van der Waals surface area contributed by atoms with Crippen molar-refractivity contribution in [2.45, 2.75) is 6.92 Å². The van der Waals surface area contributed by atoms with Crippen molar-refractivity contribution in [2.24, 2.45) is 0 Å². The van der Waals surface area contributed by atoms with Crippen LogP contribution in [0.2, 0.25) is 5.15 Å². The number of rotatable bonds is 1. The third kappa shape index (κ3) is 3.05. The Morgan fingerprint density at radius 1 is 1.27 bits per heavy atom. The Morgan fingerprint density at radius 2 is 2.14 bits per heavy atom. The quantitative estimate of drug-likeness (QED) is 0.548. The molecule has 108 valence electrons. The fraction of sp³-hybridized carbons (Fsp3) is 0.0667. The number of aromatic amines is 1. The Balaban J connectivity index is 1.95. The summed E-state index contributed by atoms with van der Waals surface area (Å²) in [6.07, 6.45) is 4.67. The number of pyridine rings is 1. The third-order valence-corrected chi connectivity index (χ3v) is 3.06. The topological polar surface area (TPSA) is 76.5 Å². The Kier molecular flexibility index (Phi) is 3.73. The van der Waals surface area contributed by atoms with E-state index < -0.39 is 0 Å². The molecule has 7 heteroatoms. The highest BCUT2D eigenvalue weighted by Crippen LogP contribution is 2.09. The first-order valence-corrected chi connectivity index (χ1v) is 6.74. The molecule has 0 aromatic carbocycles. The van der Waals surface area contributed by atoms with Crippen molar-refractivity contribution in [1.82, 2.24) is 24.5 Å². The van der Waals surface area contributed by atoms with Crippen LogP contribution in [0.1, 0.15) is 17.1 Å². The van der Waals surface area contributed by atoms with Crippen LogP contribution in [-0.4, -0.2) is 24.5 Å². The molecule has 3 aromatic rings. The minimum absolute atomic E-state index is 0.225. The van der Waals surface area contributed by atoms with E-state index in [4.69, 9.17) is 11.6 Å². The number of nitrogens with one attached hydrogen (secondary N) is 1. The van der Waals surface area contributed by atoms with Crippen molar-refractivity contribution < 1.29 is 0 Å². The number of imidazole rings is 1. The summed E-state index contributed by atoms with van der Waals surface area (Å²) >= 11 is 5.81. The molecule has 0 saturated carbocycles. The summed E-state index contributed by atoms with van der Waals surface area (Å²) in [7, 11) is 0. The van der Waals surface area contributed by atoms with Crippen LogP contribution in [0, 0.1) is 18.8 Å². The largest absolute Gasteiger partial charge is 0.313 e. The van der Waals surface area contributed by atoms with E-state index in [0.717, 1.165) is 5.56 Å². The molecule has 3 aromatic heterocycles. The Bertz CT molecular complexity index is 948. The zero-order valence-electron chi connectivity index (χ0n) is 11.5. The van der Waals surface area contributed by atoms with E-state index in [2.05, 4.69) is 31.8 Å². The van der Waals surface area contributed by atoms with E-state index in [1.54, 1.807) is 29.1 Å². The minimum Gasteiger partial charge on any atom is -0.313 e. The monoisotopic (exact) mass is 311 g/mol. The van der Waals surface area contributed by atoms with Crippen molar-refractivity contribution in [3.63, 3.8) is 0 Å². The second-order valence-electron chi connectivity index (χ2n) is 4.43. The summed E-state index contributed by atoms with van der Waals surface area (Å²) in [5.41, 5.74) is 1.10. The highest BCUT2D eigenvalue weighted by atomic mass is 35.5. The Morgan fingerprint density at radius 3 is 2.91 bits per heavy atom. The lowest BCUT2D eigenvalue weighted by atomic mass is 10.3. The van der Waals surface area contributed by atoms with Crippen molar-refractivity contribution in [3.8, 4) is 17.7 Å². The van der Waals surface area contributed by atoms with Crippen LogP contribution in [0.5, 0.6) is 0 Å². The molecule has 3 heterocycles. The maximum atomic E-state index is 11.3. The van der Waals surface area contributed by atoms with Gasteiger partial charge in [0.25, 0.3) is 5.56 Å². The molecular formula is C15H10ClN5O. The van der Waals surface area contributed by atoms with Gasteiger partial charge in [0.1, 0.15) is 22.5 Å². The molecule has 0 radical (unpaired) electrons. The van der Waals surface area contributed by atoms with Crippen LogP contribution in [0.3, 0.4) is 0 Å². The summed E-state index contributed by atoms with van der Waals surface area (Å²) in [5.74, 6) is 7.10. The van der Waals surface area contributed by atoms with Gasteiger partial charge in [-0.05, 0) is 25.0 Å². The summed E-state index contributed by atoms with van der Waals surface area (Å²) in [6, 6.07) is 4.84. The molecule has 0 fully saturated rings. The average molecular weight is 312 g/mol. The van der Waals surface area contributed by atoms with Gasteiger partial charge in [0.2, 0.25) is 0 Å². The number of aromatic nitrogens is 5. The molecule has 0 unspecified atom stereocenters. The smallest absolute Gasteiger partial charge is 0.252 e. The number of H-pyrrole nitrogens is 1. The van der Waals surface area contributed by atoms with Gasteiger partial charge in [0.15, 0.2) is 0 Å². The first-order chi connectivity index (χ1) is 10.6. The Labute approximate surface area is 130 Å². The van der Waals surface area contributed by atoms with Gasteiger partial charge in [0.05, 0.1) is 6.33 Å². The summed E-state index contributed by atoms with van der Waals surface area (Å²) in [6.45, 7) is 1.82. The van der Waals surface area contributed by atoms with Crippen LogP contribution in [0.15, 0.2) is 41.7 Å². The fourth-order valence-corrected chi connectivity index (χ4v) is 2.05. The van der Waals surface area contributed by atoms with Crippen LogP contribution in [0.4, 0.5) is 0 Å². The second-order valence-corrected chi connectivity index (χ2v) is 4.82. The van der Waals surface area contributed by atoms with E-state index in [0.29, 0.717) is 22.5 Å². The fourth-order valence-electron chi connectivity index (χ4n) is 1.87. The molecule has 1 N–H and O–H groups in total. The predicted molar refractivity (Wildman–Crippen MR) is 81.9 cm³/mol. The molecule has 0 bridgehead atoms.